The quantitative estimate of drug-likeness (QED) is 0.285. The van der Waals surface area contributed by atoms with E-state index in [1.807, 2.05) is 0 Å². The number of oxime groups is 1. The SMILES string of the molecule is Cc1cc(/C=N/O)[n+](-c2ccccc2)nc1S(=O)(=O)O. The normalized spacial score (nSPS) is 11.9. The monoisotopic (exact) mass is 294 g/mol. The molecule has 1 heterocycles. The molecule has 0 aliphatic heterocycles. The number of nitrogens with zero attached hydrogens (tertiary/aromatic N) is 3. The van der Waals surface area contributed by atoms with E-state index in [1.54, 1.807) is 30.3 Å². The molecule has 0 aliphatic carbocycles. The molecule has 20 heavy (non-hydrogen) atoms. The van der Waals surface area contributed by atoms with Crippen molar-refractivity contribution in [1.82, 2.24) is 5.10 Å². The maximum absolute atomic E-state index is 11.3. The number of aryl methyl sites for hydroxylation is 1. The molecule has 0 saturated heterocycles. The molecule has 8 heteroatoms. The highest BCUT2D eigenvalue weighted by Gasteiger charge is 2.25. The summed E-state index contributed by atoms with van der Waals surface area (Å²) in [5, 5.41) is 15.1. The molecule has 2 aromatic rings. The summed E-state index contributed by atoms with van der Waals surface area (Å²) in [6, 6.07) is 10.1. The minimum absolute atomic E-state index is 0.245. The highest BCUT2D eigenvalue weighted by atomic mass is 32.2. The lowest BCUT2D eigenvalue weighted by Gasteiger charge is -2.02. The molecule has 0 fully saturated rings. The van der Waals surface area contributed by atoms with Crippen molar-refractivity contribution in [3.8, 4) is 5.69 Å². The predicted octanol–water partition coefficient (Wildman–Crippen LogP) is 0.722. The second kappa shape index (κ2) is 5.35. The molecule has 0 unspecified atom stereocenters. The van der Waals surface area contributed by atoms with Gasteiger partial charge in [0.1, 0.15) is 6.21 Å². The van der Waals surface area contributed by atoms with Gasteiger partial charge in [0, 0.05) is 28.9 Å². The molecule has 104 valence electrons. The van der Waals surface area contributed by atoms with E-state index in [0.29, 0.717) is 11.4 Å². The molecule has 0 amide bonds. The summed E-state index contributed by atoms with van der Waals surface area (Å²) < 4.78 is 33.0. The van der Waals surface area contributed by atoms with E-state index in [2.05, 4.69) is 10.3 Å². The second-order valence-corrected chi connectivity index (χ2v) is 5.36. The van der Waals surface area contributed by atoms with Crippen LogP contribution in [0.3, 0.4) is 0 Å². The lowest BCUT2D eigenvalue weighted by atomic mass is 10.2. The second-order valence-electron chi connectivity index (χ2n) is 4.02. The molecule has 0 bridgehead atoms. The van der Waals surface area contributed by atoms with Gasteiger partial charge >= 0.3 is 10.1 Å². The summed E-state index contributed by atoms with van der Waals surface area (Å²) in [5.74, 6) is 0. The first-order chi connectivity index (χ1) is 9.43. The van der Waals surface area contributed by atoms with E-state index in [9.17, 15) is 13.0 Å². The van der Waals surface area contributed by atoms with Crippen molar-refractivity contribution >= 4 is 16.3 Å². The summed E-state index contributed by atoms with van der Waals surface area (Å²) in [6.07, 6.45) is 1.13. The van der Waals surface area contributed by atoms with Gasteiger partial charge in [0.2, 0.25) is 5.69 Å². The molecule has 2 rings (SSSR count). The smallest absolute Gasteiger partial charge is 0.318 e. The third-order valence-corrected chi connectivity index (χ3v) is 3.46. The fourth-order valence-corrected chi connectivity index (χ4v) is 2.40. The number of aromatic nitrogens is 2. The van der Waals surface area contributed by atoms with Crippen LogP contribution in [0.2, 0.25) is 0 Å². The molecule has 2 N–H and O–H groups in total. The Hall–Kier alpha value is -2.32. The first-order valence-electron chi connectivity index (χ1n) is 5.58. The van der Waals surface area contributed by atoms with Crippen LogP contribution in [-0.4, -0.2) is 29.5 Å². The van der Waals surface area contributed by atoms with Crippen molar-refractivity contribution in [3.63, 3.8) is 0 Å². The van der Waals surface area contributed by atoms with E-state index in [-0.39, 0.29) is 5.56 Å². The van der Waals surface area contributed by atoms with Gasteiger partial charge < -0.3 is 5.21 Å². The fraction of sp³-hybridized carbons (Fsp3) is 0.0833. The van der Waals surface area contributed by atoms with Gasteiger partial charge in [0.15, 0.2) is 0 Å². The van der Waals surface area contributed by atoms with Gasteiger partial charge in [-0.1, -0.05) is 23.4 Å². The van der Waals surface area contributed by atoms with E-state index in [0.717, 1.165) is 6.21 Å². The molecule has 0 aliphatic rings. The Balaban J connectivity index is 2.77. The van der Waals surface area contributed by atoms with Crippen LogP contribution in [0.1, 0.15) is 11.3 Å². The highest BCUT2D eigenvalue weighted by molar-refractivity contribution is 7.85. The van der Waals surface area contributed by atoms with Gasteiger partial charge in [-0.25, -0.2) is 0 Å². The molecule has 1 aromatic heterocycles. The molecular formula is C12H12N3O4S+. The molecule has 1 aromatic carbocycles. The lowest BCUT2D eigenvalue weighted by Crippen LogP contribution is -2.41. The van der Waals surface area contributed by atoms with Crippen LogP contribution in [0.4, 0.5) is 0 Å². The van der Waals surface area contributed by atoms with Crippen LogP contribution in [-0.2, 0) is 10.1 Å². The Labute approximate surface area is 115 Å². The summed E-state index contributed by atoms with van der Waals surface area (Å²) in [4.78, 5) is 0. The Bertz CT molecular complexity index is 758. The topological polar surface area (TPSA) is 104 Å². The Morgan fingerprint density at radius 1 is 1.30 bits per heavy atom. The standard InChI is InChI=1S/C12H11N3O4S/c1-9-7-11(8-13-16)15(10-5-3-2-4-6-10)14-12(9)20(17,18)19/h2-8H,1H3,(H,17,18,19)/p+1. The molecule has 0 saturated carbocycles. The van der Waals surface area contributed by atoms with Crippen LogP contribution in [0, 0.1) is 6.92 Å². The van der Waals surface area contributed by atoms with Gasteiger partial charge in [-0.3, -0.25) is 4.55 Å². The summed E-state index contributed by atoms with van der Waals surface area (Å²) >= 11 is 0. The third-order valence-electron chi connectivity index (χ3n) is 2.57. The Kier molecular flexibility index (Phi) is 3.77. The van der Waals surface area contributed by atoms with Gasteiger partial charge in [0.25, 0.3) is 10.7 Å². The molecule has 0 atom stereocenters. The third kappa shape index (κ3) is 2.81. The molecule has 0 spiro atoms. The Morgan fingerprint density at radius 3 is 2.50 bits per heavy atom. The first kappa shape index (κ1) is 14.1. The van der Waals surface area contributed by atoms with E-state index in [4.69, 9.17) is 5.21 Å². The maximum atomic E-state index is 11.3. The predicted molar refractivity (Wildman–Crippen MR) is 69.7 cm³/mol. The van der Waals surface area contributed by atoms with Gasteiger partial charge in [-0.05, 0) is 11.6 Å². The van der Waals surface area contributed by atoms with Crippen molar-refractivity contribution in [2.24, 2.45) is 5.16 Å². The zero-order chi connectivity index (χ0) is 14.8. The summed E-state index contributed by atoms with van der Waals surface area (Å²) in [6.45, 7) is 1.49. The molecule has 7 nitrogen and oxygen atoms in total. The summed E-state index contributed by atoms with van der Waals surface area (Å²) in [5.41, 5.74) is 1.17. The number of hydrogen-bond donors (Lipinski definition) is 2. The van der Waals surface area contributed by atoms with Crippen molar-refractivity contribution in [3.05, 3.63) is 47.7 Å². The van der Waals surface area contributed by atoms with Crippen LogP contribution < -0.4 is 4.68 Å². The number of rotatable bonds is 3. The zero-order valence-corrected chi connectivity index (χ0v) is 11.3. The minimum atomic E-state index is -4.43. The van der Waals surface area contributed by atoms with Gasteiger partial charge in [-0.2, -0.15) is 8.42 Å². The van der Waals surface area contributed by atoms with Crippen LogP contribution in [0.5, 0.6) is 0 Å². The van der Waals surface area contributed by atoms with Gasteiger partial charge in [-0.15, -0.1) is 0 Å². The minimum Gasteiger partial charge on any atom is -0.411 e. The van der Waals surface area contributed by atoms with Crippen LogP contribution in [0.15, 0.2) is 46.6 Å². The van der Waals surface area contributed by atoms with Crippen molar-refractivity contribution in [2.45, 2.75) is 11.9 Å². The molecule has 0 radical (unpaired) electrons. The maximum Gasteiger partial charge on any atom is 0.318 e. The number of benzene rings is 1. The first-order valence-corrected chi connectivity index (χ1v) is 7.02. The number of hydrogen-bond acceptors (Lipinski definition) is 5. The lowest BCUT2D eigenvalue weighted by molar-refractivity contribution is -0.664. The molecular weight excluding hydrogens is 282 g/mol. The highest BCUT2D eigenvalue weighted by Crippen LogP contribution is 2.11. The fourth-order valence-electron chi connectivity index (χ4n) is 1.75. The van der Waals surface area contributed by atoms with E-state index < -0.39 is 15.1 Å². The van der Waals surface area contributed by atoms with Crippen LogP contribution >= 0.6 is 0 Å². The van der Waals surface area contributed by atoms with Crippen molar-refractivity contribution in [1.29, 1.82) is 0 Å². The van der Waals surface area contributed by atoms with E-state index >= 15 is 0 Å². The van der Waals surface area contributed by atoms with Crippen LogP contribution in [0.25, 0.3) is 5.69 Å². The number of para-hydroxylation sites is 1. The van der Waals surface area contributed by atoms with Crippen molar-refractivity contribution < 1.29 is 22.9 Å². The Morgan fingerprint density at radius 2 is 1.95 bits per heavy atom. The average Bonchev–Trinajstić information content (AvgIpc) is 2.39. The van der Waals surface area contributed by atoms with Gasteiger partial charge in [0.05, 0.1) is 0 Å². The largest absolute Gasteiger partial charge is 0.411 e. The average molecular weight is 294 g/mol. The zero-order valence-electron chi connectivity index (χ0n) is 10.5. The van der Waals surface area contributed by atoms with Crippen molar-refractivity contribution in [2.75, 3.05) is 0 Å². The van der Waals surface area contributed by atoms with E-state index in [1.165, 1.54) is 17.7 Å². The summed E-state index contributed by atoms with van der Waals surface area (Å²) in [7, 11) is -4.43.